The summed E-state index contributed by atoms with van der Waals surface area (Å²) in [5.41, 5.74) is 1.14. The van der Waals surface area contributed by atoms with E-state index in [1.165, 1.54) is 7.11 Å². The molecule has 1 saturated carbocycles. The summed E-state index contributed by atoms with van der Waals surface area (Å²) < 4.78 is 36.0. The van der Waals surface area contributed by atoms with E-state index in [-0.39, 0.29) is 42.6 Å². The molecule has 1 N–H and O–H groups in total. The van der Waals surface area contributed by atoms with E-state index in [0.29, 0.717) is 24.7 Å². The van der Waals surface area contributed by atoms with Gasteiger partial charge in [-0.2, -0.15) is 0 Å². The summed E-state index contributed by atoms with van der Waals surface area (Å²) >= 11 is 5.55. The van der Waals surface area contributed by atoms with Crippen LogP contribution in [0.1, 0.15) is 76.2 Å². The Morgan fingerprint density at radius 2 is 1.66 bits per heavy atom. The fraction of sp³-hybridized carbons (Fsp3) is 0.688. The fourth-order valence-corrected chi connectivity index (χ4v) is 6.00. The molecule has 228 valence electrons. The molecule has 6 unspecified atom stereocenters. The van der Waals surface area contributed by atoms with Crippen LogP contribution in [-0.4, -0.2) is 62.9 Å². The van der Waals surface area contributed by atoms with Gasteiger partial charge in [0.05, 0.1) is 25.9 Å². The minimum absolute atomic E-state index is 0.0224. The van der Waals surface area contributed by atoms with Crippen LogP contribution in [0, 0.1) is 11.8 Å². The van der Waals surface area contributed by atoms with Crippen molar-refractivity contribution in [3.63, 3.8) is 0 Å². The molecular formula is C32H47NO7S. The van der Waals surface area contributed by atoms with Crippen molar-refractivity contribution < 1.29 is 33.2 Å². The summed E-state index contributed by atoms with van der Waals surface area (Å²) in [5.74, 6) is 0.0716. The first-order chi connectivity index (χ1) is 20.1. The summed E-state index contributed by atoms with van der Waals surface area (Å²) in [6.45, 7) is 2.53. The SMILES string of the molecule is COC(=O)CCCC=CCC1C(OC2CCCCO2)CC(OC2CCCCO2)C1COC(=S)NCc1ccccc1. The van der Waals surface area contributed by atoms with E-state index in [9.17, 15) is 4.79 Å². The van der Waals surface area contributed by atoms with E-state index < -0.39 is 0 Å². The molecule has 3 fully saturated rings. The lowest BCUT2D eigenvalue weighted by molar-refractivity contribution is -0.204. The van der Waals surface area contributed by atoms with Gasteiger partial charge in [-0.1, -0.05) is 42.5 Å². The molecule has 1 aromatic rings. The Kier molecular flexibility index (Phi) is 13.9. The molecule has 1 aliphatic carbocycles. The van der Waals surface area contributed by atoms with Crippen LogP contribution in [0.5, 0.6) is 0 Å². The van der Waals surface area contributed by atoms with Crippen molar-refractivity contribution in [1.82, 2.24) is 5.32 Å². The molecule has 4 rings (SSSR count). The fourth-order valence-electron chi connectivity index (χ4n) is 5.86. The number of rotatable bonds is 14. The van der Waals surface area contributed by atoms with Gasteiger partial charge in [-0.15, -0.1) is 0 Å². The summed E-state index contributed by atoms with van der Waals surface area (Å²) in [6.07, 6.45) is 13.7. The van der Waals surface area contributed by atoms with E-state index in [1.807, 2.05) is 18.2 Å². The summed E-state index contributed by atoms with van der Waals surface area (Å²) in [6, 6.07) is 10.1. The van der Waals surface area contributed by atoms with Crippen molar-refractivity contribution in [2.45, 2.75) is 102 Å². The second kappa shape index (κ2) is 17.8. The summed E-state index contributed by atoms with van der Waals surface area (Å²) in [5, 5.41) is 3.62. The van der Waals surface area contributed by atoms with Crippen LogP contribution in [0.2, 0.25) is 0 Å². The number of methoxy groups -OCH3 is 1. The summed E-state index contributed by atoms with van der Waals surface area (Å²) in [7, 11) is 1.43. The highest BCUT2D eigenvalue weighted by molar-refractivity contribution is 7.80. The van der Waals surface area contributed by atoms with Gasteiger partial charge < -0.3 is 33.7 Å². The standard InChI is InChI=1S/C32H47NO7S/c1-35-29(34)16-8-3-2-7-15-25-26(23-38-32(41)33-22-24-13-5-4-6-14-24)28(40-31-18-10-12-20-37-31)21-27(25)39-30-17-9-11-19-36-30/h2,4-7,13-14,25-28,30-31H,3,8-12,15-23H2,1H3,(H,33,41). The number of carbonyl (C=O) groups excluding carboxylic acids is 1. The van der Waals surface area contributed by atoms with Gasteiger partial charge in [0.1, 0.15) is 0 Å². The van der Waals surface area contributed by atoms with Crippen molar-refractivity contribution in [3.05, 3.63) is 48.0 Å². The molecule has 0 spiro atoms. The van der Waals surface area contributed by atoms with E-state index in [2.05, 4.69) is 29.6 Å². The third kappa shape index (κ3) is 10.9. The van der Waals surface area contributed by atoms with Crippen molar-refractivity contribution in [2.75, 3.05) is 26.9 Å². The molecule has 8 nitrogen and oxygen atoms in total. The van der Waals surface area contributed by atoms with Crippen molar-refractivity contribution in [2.24, 2.45) is 11.8 Å². The minimum Gasteiger partial charge on any atom is -0.471 e. The Balaban J connectivity index is 1.41. The quantitative estimate of drug-likeness (QED) is 0.125. The maximum absolute atomic E-state index is 11.5. The zero-order valence-electron chi connectivity index (χ0n) is 24.4. The maximum Gasteiger partial charge on any atom is 0.305 e. The lowest BCUT2D eigenvalue weighted by Crippen LogP contribution is -2.35. The van der Waals surface area contributed by atoms with Gasteiger partial charge in [-0.25, -0.2) is 0 Å². The molecule has 6 atom stereocenters. The molecule has 2 heterocycles. The van der Waals surface area contributed by atoms with Gasteiger partial charge >= 0.3 is 5.97 Å². The van der Waals surface area contributed by atoms with Crippen LogP contribution in [0.3, 0.4) is 0 Å². The predicted octanol–water partition coefficient (Wildman–Crippen LogP) is 5.83. The molecule has 9 heteroatoms. The lowest BCUT2D eigenvalue weighted by Gasteiger charge is -2.31. The third-order valence-electron chi connectivity index (χ3n) is 8.14. The van der Waals surface area contributed by atoms with Gasteiger partial charge in [0.15, 0.2) is 12.6 Å². The first-order valence-corrected chi connectivity index (χ1v) is 15.7. The lowest BCUT2D eigenvalue weighted by atomic mass is 9.90. The number of thiocarbonyl (C=S) groups is 1. The number of esters is 1. The highest BCUT2D eigenvalue weighted by Crippen LogP contribution is 2.41. The highest BCUT2D eigenvalue weighted by atomic mass is 32.1. The van der Waals surface area contributed by atoms with E-state index in [0.717, 1.165) is 83.0 Å². The number of hydrogen-bond donors (Lipinski definition) is 1. The topological polar surface area (TPSA) is 84.5 Å². The van der Waals surface area contributed by atoms with Crippen molar-refractivity contribution in [3.8, 4) is 0 Å². The van der Waals surface area contributed by atoms with Crippen LogP contribution in [0.25, 0.3) is 0 Å². The van der Waals surface area contributed by atoms with Crippen LogP contribution in [0.15, 0.2) is 42.5 Å². The average molecular weight is 590 g/mol. The first-order valence-electron chi connectivity index (χ1n) is 15.3. The smallest absolute Gasteiger partial charge is 0.305 e. The van der Waals surface area contributed by atoms with Crippen LogP contribution in [0.4, 0.5) is 0 Å². The van der Waals surface area contributed by atoms with E-state index in [1.54, 1.807) is 0 Å². The monoisotopic (exact) mass is 589 g/mol. The Morgan fingerprint density at radius 1 is 0.976 bits per heavy atom. The van der Waals surface area contributed by atoms with Crippen LogP contribution in [-0.2, 0) is 39.8 Å². The molecule has 1 aromatic carbocycles. The molecule has 0 bridgehead atoms. The van der Waals surface area contributed by atoms with Gasteiger partial charge in [0.2, 0.25) is 0 Å². The number of unbranched alkanes of at least 4 members (excludes halogenated alkanes) is 1. The Bertz CT molecular complexity index is 933. The second-order valence-corrected chi connectivity index (χ2v) is 11.5. The van der Waals surface area contributed by atoms with Crippen LogP contribution >= 0.6 is 12.2 Å². The number of carbonyl (C=O) groups is 1. The van der Waals surface area contributed by atoms with Crippen molar-refractivity contribution >= 4 is 23.4 Å². The average Bonchev–Trinajstić information content (AvgIpc) is 3.32. The molecule has 0 radical (unpaired) electrons. The molecule has 0 aromatic heterocycles. The molecule has 41 heavy (non-hydrogen) atoms. The molecule has 2 saturated heterocycles. The minimum atomic E-state index is -0.196. The maximum atomic E-state index is 11.5. The number of hydrogen-bond acceptors (Lipinski definition) is 8. The first kappa shape index (κ1) is 31.9. The number of benzene rings is 1. The molecule has 2 aliphatic heterocycles. The molecule has 0 amide bonds. The Labute approximate surface area is 250 Å². The summed E-state index contributed by atoms with van der Waals surface area (Å²) in [4.78, 5) is 11.5. The Morgan fingerprint density at radius 3 is 2.29 bits per heavy atom. The zero-order chi connectivity index (χ0) is 28.7. The highest BCUT2D eigenvalue weighted by Gasteiger charge is 2.46. The van der Waals surface area contributed by atoms with Gasteiger partial charge in [0, 0.05) is 38.5 Å². The van der Waals surface area contributed by atoms with E-state index >= 15 is 0 Å². The Hall–Kier alpha value is -2.04. The van der Waals surface area contributed by atoms with Crippen molar-refractivity contribution in [1.29, 1.82) is 0 Å². The predicted molar refractivity (Wildman–Crippen MR) is 160 cm³/mol. The number of ether oxygens (including phenoxy) is 6. The van der Waals surface area contributed by atoms with Gasteiger partial charge in [-0.3, -0.25) is 4.79 Å². The zero-order valence-corrected chi connectivity index (χ0v) is 25.2. The normalized spacial score (nSPS) is 28.4. The van der Waals surface area contributed by atoms with Gasteiger partial charge in [-0.05, 0) is 81.5 Å². The molecule has 3 aliphatic rings. The third-order valence-corrected chi connectivity index (χ3v) is 8.40. The largest absolute Gasteiger partial charge is 0.471 e. The van der Waals surface area contributed by atoms with Crippen LogP contribution < -0.4 is 5.32 Å². The molecular weight excluding hydrogens is 542 g/mol. The second-order valence-electron chi connectivity index (χ2n) is 11.1. The van der Waals surface area contributed by atoms with Gasteiger partial charge in [0.25, 0.3) is 5.17 Å². The number of allylic oxidation sites excluding steroid dienone is 2. The van der Waals surface area contributed by atoms with E-state index in [4.69, 9.17) is 40.6 Å². The number of nitrogens with one attached hydrogen (secondary N) is 1.